The van der Waals surface area contributed by atoms with Crippen molar-refractivity contribution in [3.8, 4) is 5.75 Å². The molecular formula is C12H16N2O3. The molecule has 92 valence electrons. The first-order chi connectivity index (χ1) is 8.15. The molecule has 5 heteroatoms. The number of rotatable bonds is 3. The normalized spacial score (nSPS) is 16.2. The molecule has 1 aromatic carbocycles. The number of nitrogens with zero attached hydrogens (tertiary/aromatic N) is 1. The van der Waals surface area contributed by atoms with Gasteiger partial charge in [0.2, 0.25) is 5.91 Å². The highest BCUT2D eigenvalue weighted by Gasteiger charge is 2.25. The molecule has 0 radical (unpaired) electrons. The van der Waals surface area contributed by atoms with E-state index in [4.69, 9.17) is 4.74 Å². The van der Waals surface area contributed by atoms with Crippen molar-refractivity contribution in [3.05, 3.63) is 18.2 Å². The zero-order valence-corrected chi connectivity index (χ0v) is 9.93. The number of anilines is 2. The summed E-state index contributed by atoms with van der Waals surface area (Å²) in [5.74, 6) is 0.619. The van der Waals surface area contributed by atoms with Crippen molar-refractivity contribution < 1.29 is 14.6 Å². The highest BCUT2D eigenvalue weighted by Crippen LogP contribution is 2.33. The van der Waals surface area contributed by atoms with Crippen LogP contribution >= 0.6 is 0 Å². The fraction of sp³-hybridized carbons (Fsp3) is 0.417. The van der Waals surface area contributed by atoms with E-state index >= 15 is 0 Å². The zero-order valence-electron chi connectivity index (χ0n) is 9.93. The molecule has 2 N–H and O–H groups in total. The summed E-state index contributed by atoms with van der Waals surface area (Å²) in [6.07, 6.45) is 0. The van der Waals surface area contributed by atoms with Crippen LogP contribution in [0, 0.1) is 0 Å². The molecular weight excluding hydrogens is 220 g/mol. The zero-order chi connectivity index (χ0) is 12.4. The fourth-order valence-electron chi connectivity index (χ4n) is 1.91. The summed E-state index contributed by atoms with van der Waals surface area (Å²) in [5.41, 5.74) is 1.63. The maximum atomic E-state index is 11.6. The average molecular weight is 236 g/mol. The largest absolute Gasteiger partial charge is 0.497 e. The molecule has 17 heavy (non-hydrogen) atoms. The summed E-state index contributed by atoms with van der Waals surface area (Å²) in [4.78, 5) is 13.5. The lowest BCUT2D eigenvalue weighted by Gasteiger charge is -2.34. The molecule has 0 spiro atoms. The van der Waals surface area contributed by atoms with E-state index in [1.54, 1.807) is 13.2 Å². The van der Waals surface area contributed by atoms with Gasteiger partial charge in [-0.1, -0.05) is 0 Å². The molecule has 0 fully saturated rings. The smallest absolute Gasteiger partial charge is 0.243 e. The first kappa shape index (κ1) is 11.7. The molecule has 0 saturated carbocycles. The number of carbonyl (C=O) groups excluding carboxylic acids is 1. The van der Waals surface area contributed by atoms with Crippen LogP contribution in [-0.2, 0) is 4.79 Å². The number of nitrogens with one attached hydrogen (secondary N) is 1. The Balaban J connectivity index is 2.40. The molecule has 0 aromatic heterocycles. The van der Waals surface area contributed by atoms with Crippen LogP contribution in [0.2, 0.25) is 0 Å². The highest BCUT2D eigenvalue weighted by molar-refractivity contribution is 6.01. The third kappa shape index (κ3) is 2.19. The number of methoxy groups -OCH3 is 1. The van der Waals surface area contributed by atoms with Crippen LogP contribution in [0.1, 0.15) is 6.92 Å². The van der Waals surface area contributed by atoms with E-state index in [1.165, 1.54) is 0 Å². The SMILES string of the molecule is COc1ccc2c(c1)NC(=O)CN2C(C)CO. The van der Waals surface area contributed by atoms with Gasteiger partial charge in [0.05, 0.1) is 31.6 Å². The maximum Gasteiger partial charge on any atom is 0.243 e. The van der Waals surface area contributed by atoms with Crippen LogP contribution in [0.3, 0.4) is 0 Å². The van der Waals surface area contributed by atoms with E-state index < -0.39 is 0 Å². The molecule has 1 amide bonds. The van der Waals surface area contributed by atoms with E-state index in [9.17, 15) is 9.90 Å². The van der Waals surface area contributed by atoms with Gasteiger partial charge in [-0.2, -0.15) is 0 Å². The molecule has 1 aromatic rings. The highest BCUT2D eigenvalue weighted by atomic mass is 16.5. The molecule has 0 bridgehead atoms. The Morgan fingerprint density at radius 2 is 2.35 bits per heavy atom. The Bertz CT molecular complexity index is 434. The van der Waals surface area contributed by atoms with Crippen molar-refractivity contribution in [2.24, 2.45) is 0 Å². The van der Waals surface area contributed by atoms with Crippen LogP contribution in [0.15, 0.2) is 18.2 Å². The minimum absolute atomic E-state index is 0.0126. The number of carbonyl (C=O) groups is 1. The molecule has 1 unspecified atom stereocenters. The molecule has 0 aliphatic carbocycles. The number of aliphatic hydroxyl groups excluding tert-OH is 1. The number of aliphatic hydroxyl groups is 1. The molecule has 5 nitrogen and oxygen atoms in total. The van der Waals surface area contributed by atoms with E-state index in [2.05, 4.69) is 5.32 Å². The van der Waals surface area contributed by atoms with Crippen LogP contribution in [0.4, 0.5) is 11.4 Å². The number of hydrogen-bond donors (Lipinski definition) is 2. The summed E-state index contributed by atoms with van der Waals surface area (Å²) in [7, 11) is 1.58. The van der Waals surface area contributed by atoms with Gasteiger partial charge in [-0.25, -0.2) is 0 Å². The summed E-state index contributed by atoms with van der Waals surface area (Å²) >= 11 is 0. The third-order valence-corrected chi connectivity index (χ3v) is 2.90. The lowest BCUT2D eigenvalue weighted by molar-refractivity contribution is -0.115. The number of amides is 1. The second-order valence-corrected chi connectivity index (χ2v) is 4.09. The number of fused-ring (bicyclic) bond motifs is 1. The molecule has 2 rings (SSSR count). The van der Waals surface area contributed by atoms with E-state index in [0.29, 0.717) is 5.75 Å². The molecule has 1 aliphatic heterocycles. The molecule has 1 heterocycles. The monoisotopic (exact) mass is 236 g/mol. The Morgan fingerprint density at radius 3 is 3.00 bits per heavy atom. The number of benzene rings is 1. The van der Waals surface area contributed by atoms with Gasteiger partial charge in [0.25, 0.3) is 0 Å². The minimum Gasteiger partial charge on any atom is -0.497 e. The van der Waals surface area contributed by atoms with Gasteiger partial charge in [-0.15, -0.1) is 0 Å². The lowest BCUT2D eigenvalue weighted by Crippen LogP contribution is -2.44. The lowest BCUT2D eigenvalue weighted by atomic mass is 10.1. The van der Waals surface area contributed by atoms with E-state index in [1.807, 2.05) is 24.0 Å². The number of ether oxygens (including phenoxy) is 1. The van der Waals surface area contributed by atoms with Crippen molar-refractivity contribution in [1.82, 2.24) is 0 Å². The van der Waals surface area contributed by atoms with Crippen molar-refractivity contribution in [3.63, 3.8) is 0 Å². The van der Waals surface area contributed by atoms with Gasteiger partial charge in [0, 0.05) is 12.1 Å². The van der Waals surface area contributed by atoms with Crippen LogP contribution in [-0.4, -0.2) is 37.3 Å². The Kier molecular flexibility index (Phi) is 3.19. The summed E-state index contributed by atoms with van der Waals surface area (Å²) in [6, 6.07) is 5.42. The van der Waals surface area contributed by atoms with Crippen molar-refractivity contribution in [2.45, 2.75) is 13.0 Å². The Morgan fingerprint density at radius 1 is 1.59 bits per heavy atom. The standard InChI is InChI=1S/C12H16N2O3/c1-8(7-15)14-6-12(16)13-10-5-9(17-2)3-4-11(10)14/h3-5,8,15H,6-7H2,1-2H3,(H,13,16). The summed E-state index contributed by atoms with van der Waals surface area (Å²) in [5, 5.41) is 12.0. The van der Waals surface area contributed by atoms with Gasteiger partial charge >= 0.3 is 0 Å². The molecule has 1 aliphatic rings. The van der Waals surface area contributed by atoms with Gasteiger partial charge in [-0.3, -0.25) is 4.79 Å². The topological polar surface area (TPSA) is 61.8 Å². The number of hydrogen-bond acceptors (Lipinski definition) is 4. The third-order valence-electron chi connectivity index (χ3n) is 2.90. The van der Waals surface area contributed by atoms with Crippen LogP contribution in [0.25, 0.3) is 0 Å². The predicted octanol–water partition coefficient (Wildman–Crippen LogP) is 0.834. The fourth-order valence-corrected chi connectivity index (χ4v) is 1.91. The van der Waals surface area contributed by atoms with E-state index in [0.717, 1.165) is 11.4 Å². The summed E-state index contributed by atoms with van der Waals surface area (Å²) in [6.45, 7) is 2.16. The average Bonchev–Trinajstić information content (AvgIpc) is 2.35. The maximum absolute atomic E-state index is 11.6. The van der Waals surface area contributed by atoms with Gasteiger partial charge in [-0.05, 0) is 19.1 Å². The van der Waals surface area contributed by atoms with Gasteiger partial charge < -0.3 is 20.1 Å². The second kappa shape index (κ2) is 4.63. The molecule has 0 saturated heterocycles. The second-order valence-electron chi connectivity index (χ2n) is 4.09. The van der Waals surface area contributed by atoms with Crippen molar-refractivity contribution in [2.75, 3.05) is 30.5 Å². The van der Waals surface area contributed by atoms with Gasteiger partial charge in [0.15, 0.2) is 0 Å². The van der Waals surface area contributed by atoms with Crippen LogP contribution < -0.4 is 15.0 Å². The Hall–Kier alpha value is -1.75. The summed E-state index contributed by atoms with van der Waals surface area (Å²) < 4.78 is 5.12. The Labute approximate surface area is 100.0 Å². The van der Waals surface area contributed by atoms with Gasteiger partial charge in [0.1, 0.15) is 5.75 Å². The minimum atomic E-state index is -0.0896. The van der Waals surface area contributed by atoms with Crippen LogP contribution in [0.5, 0.6) is 5.75 Å². The quantitative estimate of drug-likeness (QED) is 0.816. The first-order valence-corrected chi connectivity index (χ1v) is 5.51. The predicted molar refractivity (Wildman–Crippen MR) is 65.5 cm³/mol. The first-order valence-electron chi connectivity index (χ1n) is 5.51. The van der Waals surface area contributed by atoms with Crippen molar-refractivity contribution >= 4 is 17.3 Å². The van der Waals surface area contributed by atoms with Crippen molar-refractivity contribution in [1.29, 1.82) is 0 Å². The molecule has 1 atom stereocenters. The van der Waals surface area contributed by atoms with E-state index in [-0.39, 0.29) is 25.1 Å².